The van der Waals surface area contributed by atoms with Crippen molar-refractivity contribution < 1.29 is 0 Å². The summed E-state index contributed by atoms with van der Waals surface area (Å²) in [6.07, 6.45) is 16.0. The molecular formula is C18H33N. The molecule has 0 saturated heterocycles. The Labute approximate surface area is 119 Å². The first-order valence-electron chi connectivity index (χ1n) is 9.03. The first-order chi connectivity index (χ1) is 9.28. The van der Waals surface area contributed by atoms with Gasteiger partial charge in [-0.15, -0.1) is 0 Å². The maximum Gasteiger partial charge on any atom is 0.00724 e. The fraction of sp³-hybridized carbons (Fsp3) is 1.00. The quantitative estimate of drug-likeness (QED) is 0.659. The molecule has 4 aliphatic rings. The first kappa shape index (κ1) is 13.9. The van der Waals surface area contributed by atoms with E-state index in [9.17, 15) is 0 Å². The van der Waals surface area contributed by atoms with Crippen molar-refractivity contribution >= 4 is 0 Å². The van der Waals surface area contributed by atoms with E-state index in [1.807, 2.05) is 0 Å². The highest BCUT2D eigenvalue weighted by Gasteiger charge is 2.49. The van der Waals surface area contributed by atoms with Gasteiger partial charge in [0, 0.05) is 6.04 Å². The van der Waals surface area contributed by atoms with Crippen molar-refractivity contribution in [2.75, 3.05) is 0 Å². The van der Waals surface area contributed by atoms with Crippen LogP contribution >= 0.6 is 0 Å². The minimum Gasteiger partial charge on any atom is -0.327 e. The number of hydrogen-bond acceptors (Lipinski definition) is 1. The fourth-order valence-corrected chi connectivity index (χ4v) is 5.84. The summed E-state index contributed by atoms with van der Waals surface area (Å²) in [7, 11) is 0. The lowest BCUT2D eigenvalue weighted by Gasteiger charge is -2.56. The summed E-state index contributed by atoms with van der Waals surface area (Å²) in [5.41, 5.74) is 6.61. The molecule has 2 N–H and O–H groups in total. The molecule has 1 heteroatoms. The summed E-state index contributed by atoms with van der Waals surface area (Å²) in [6, 6.07) is 0.525. The zero-order valence-corrected chi connectivity index (χ0v) is 12.8. The van der Waals surface area contributed by atoms with Crippen LogP contribution in [0.5, 0.6) is 0 Å². The van der Waals surface area contributed by atoms with E-state index in [0.29, 0.717) is 6.04 Å². The largest absolute Gasteiger partial charge is 0.327 e. The smallest absolute Gasteiger partial charge is 0.00724 e. The van der Waals surface area contributed by atoms with E-state index in [1.54, 1.807) is 6.42 Å². The van der Waals surface area contributed by atoms with Crippen molar-refractivity contribution in [2.45, 2.75) is 83.6 Å². The van der Waals surface area contributed by atoms with Gasteiger partial charge in [-0.25, -0.2) is 0 Å². The average molecular weight is 263 g/mol. The van der Waals surface area contributed by atoms with Gasteiger partial charge in [-0.3, -0.25) is 0 Å². The van der Waals surface area contributed by atoms with Crippen molar-refractivity contribution in [3.05, 3.63) is 0 Å². The van der Waals surface area contributed by atoms with E-state index in [1.165, 1.54) is 64.2 Å². The Kier molecular flexibility index (Phi) is 4.51. The molecule has 0 heterocycles. The molecule has 4 rings (SSSR count). The molecule has 0 spiro atoms. The van der Waals surface area contributed by atoms with Crippen LogP contribution in [0.2, 0.25) is 0 Å². The van der Waals surface area contributed by atoms with Crippen molar-refractivity contribution in [3.63, 3.8) is 0 Å². The summed E-state index contributed by atoms with van der Waals surface area (Å²) in [6.45, 7) is 2.29. The molecule has 0 amide bonds. The second-order valence-electron chi connectivity index (χ2n) is 7.87. The van der Waals surface area contributed by atoms with Crippen molar-refractivity contribution in [3.8, 4) is 0 Å². The zero-order chi connectivity index (χ0) is 13.2. The Balaban J connectivity index is 1.46. The SMILES string of the molecule is CCCCCCCC(N)C1C2CC3CC(C2)CC1C3. The van der Waals surface area contributed by atoms with Crippen LogP contribution in [0.15, 0.2) is 0 Å². The topological polar surface area (TPSA) is 26.0 Å². The van der Waals surface area contributed by atoms with E-state index in [2.05, 4.69) is 6.92 Å². The van der Waals surface area contributed by atoms with Gasteiger partial charge >= 0.3 is 0 Å². The maximum absolute atomic E-state index is 6.61. The molecule has 0 aromatic heterocycles. The second kappa shape index (κ2) is 6.16. The number of unbranched alkanes of at least 4 members (excludes halogenated alkanes) is 4. The molecule has 4 aliphatic carbocycles. The molecular weight excluding hydrogens is 230 g/mol. The zero-order valence-electron chi connectivity index (χ0n) is 12.8. The Morgan fingerprint density at radius 2 is 1.42 bits per heavy atom. The van der Waals surface area contributed by atoms with Crippen LogP contribution in [-0.2, 0) is 0 Å². The van der Waals surface area contributed by atoms with Gasteiger partial charge in [0.15, 0.2) is 0 Å². The minimum absolute atomic E-state index is 0.525. The van der Waals surface area contributed by atoms with E-state index in [-0.39, 0.29) is 0 Å². The summed E-state index contributed by atoms with van der Waals surface area (Å²) < 4.78 is 0. The van der Waals surface area contributed by atoms with E-state index in [4.69, 9.17) is 5.73 Å². The molecule has 1 unspecified atom stereocenters. The predicted octanol–water partition coefficient (Wildman–Crippen LogP) is 4.75. The van der Waals surface area contributed by atoms with Gasteiger partial charge in [-0.05, 0) is 68.1 Å². The molecule has 110 valence electrons. The summed E-state index contributed by atoms with van der Waals surface area (Å²) in [4.78, 5) is 0. The van der Waals surface area contributed by atoms with Crippen molar-refractivity contribution in [1.29, 1.82) is 0 Å². The Hall–Kier alpha value is -0.0400. The maximum atomic E-state index is 6.61. The standard InChI is InChI=1S/C18H33N/c1-2-3-4-5-6-7-17(19)18-15-9-13-8-14(11-15)12-16(18)10-13/h13-18H,2-12,19H2,1H3. The van der Waals surface area contributed by atoms with Crippen LogP contribution in [0, 0.1) is 29.6 Å². The van der Waals surface area contributed by atoms with E-state index >= 15 is 0 Å². The van der Waals surface area contributed by atoms with Crippen LogP contribution in [-0.4, -0.2) is 6.04 Å². The van der Waals surface area contributed by atoms with Crippen LogP contribution in [0.1, 0.15) is 77.6 Å². The fourth-order valence-electron chi connectivity index (χ4n) is 5.84. The van der Waals surface area contributed by atoms with Gasteiger partial charge in [0.2, 0.25) is 0 Å². The van der Waals surface area contributed by atoms with Gasteiger partial charge in [-0.1, -0.05) is 39.0 Å². The molecule has 0 aliphatic heterocycles. The Morgan fingerprint density at radius 1 is 0.842 bits per heavy atom. The monoisotopic (exact) mass is 263 g/mol. The van der Waals surface area contributed by atoms with Crippen LogP contribution in [0.25, 0.3) is 0 Å². The highest BCUT2D eigenvalue weighted by molar-refractivity contribution is 5.00. The molecule has 0 aromatic rings. The highest BCUT2D eigenvalue weighted by Crippen LogP contribution is 2.57. The molecule has 0 aromatic carbocycles. The molecule has 0 radical (unpaired) electrons. The molecule has 1 nitrogen and oxygen atoms in total. The highest BCUT2D eigenvalue weighted by atomic mass is 14.7. The lowest BCUT2D eigenvalue weighted by Crippen LogP contribution is -2.51. The Bertz CT molecular complexity index is 257. The van der Waals surface area contributed by atoms with Crippen molar-refractivity contribution in [1.82, 2.24) is 0 Å². The first-order valence-corrected chi connectivity index (χ1v) is 9.03. The predicted molar refractivity (Wildman–Crippen MR) is 81.9 cm³/mol. The van der Waals surface area contributed by atoms with Gasteiger partial charge in [0.05, 0.1) is 0 Å². The average Bonchev–Trinajstić information content (AvgIpc) is 2.37. The van der Waals surface area contributed by atoms with Gasteiger partial charge in [-0.2, -0.15) is 0 Å². The molecule has 19 heavy (non-hydrogen) atoms. The molecule has 4 saturated carbocycles. The molecule has 4 bridgehead atoms. The van der Waals surface area contributed by atoms with Gasteiger partial charge in [0.1, 0.15) is 0 Å². The Morgan fingerprint density at radius 3 is 2.00 bits per heavy atom. The summed E-state index contributed by atoms with van der Waals surface area (Å²) >= 11 is 0. The third-order valence-corrected chi connectivity index (χ3v) is 6.44. The molecule has 1 atom stereocenters. The second-order valence-corrected chi connectivity index (χ2v) is 7.87. The number of rotatable bonds is 7. The third kappa shape index (κ3) is 3.01. The summed E-state index contributed by atoms with van der Waals surface area (Å²) in [5.74, 6) is 5.12. The van der Waals surface area contributed by atoms with Crippen LogP contribution < -0.4 is 5.73 Å². The van der Waals surface area contributed by atoms with Crippen LogP contribution in [0.3, 0.4) is 0 Å². The van der Waals surface area contributed by atoms with E-state index < -0.39 is 0 Å². The lowest BCUT2D eigenvalue weighted by molar-refractivity contribution is -0.0477. The normalized spacial score (nSPS) is 41.7. The number of nitrogens with two attached hydrogens (primary N) is 1. The van der Waals surface area contributed by atoms with Gasteiger partial charge in [0.25, 0.3) is 0 Å². The third-order valence-electron chi connectivity index (χ3n) is 6.44. The van der Waals surface area contributed by atoms with Gasteiger partial charge < -0.3 is 5.73 Å². The minimum atomic E-state index is 0.525. The summed E-state index contributed by atoms with van der Waals surface area (Å²) in [5, 5.41) is 0. The lowest BCUT2D eigenvalue weighted by atomic mass is 9.50. The van der Waals surface area contributed by atoms with Crippen LogP contribution in [0.4, 0.5) is 0 Å². The van der Waals surface area contributed by atoms with Crippen molar-refractivity contribution in [2.24, 2.45) is 35.3 Å². The molecule has 4 fully saturated rings. The van der Waals surface area contributed by atoms with E-state index in [0.717, 1.165) is 29.6 Å². The number of hydrogen-bond donors (Lipinski definition) is 1.